The second kappa shape index (κ2) is 9.56. The summed E-state index contributed by atoms with van der Waals surface area (Å²) in [4.78, 5) is 42.3. The highest BCUT2D eigenvalue weighted by Gasteiger charge is 2.44. The van der Waals surface area contributed by atoms with Crippen molar-refractivity contribution in [2.24, 2.45) is 0 Å². The number of rotatable bonds is 7. The molecular formula is C26H24N2O5. The van der Waals surface area contributed by atoms with Crippen molar-refractivity contribution < 1.29 is 23.9 Å². The molecule has 1 heterocycles. The number of nitrogens with zero attached hydrogens (tertiary/aromatic N) is 2. The maximum atomic E-state index is 13.4. The second-order valence-electron chi connectivity index (χ2n) is 7.63. The third-order valence-electron chi connectivity index (χ3n) is 5.62. The molecule has 7 nitrogen and oxygen atoms in total. The van der Waals surface area contributed by atoms with Crippen LogP contribution in [0.4, 0.5) is 5.69 Å². The molecule has 0 aromatic heterocycles. The molecule has 1 atom stereocenters. The summed E-state index contributed by atoms with van der Waals surface area (Å²) in [6.07, 6.45) is -0.0837. The van der Waals surface area contributed by atoms with Crippen molar-refractivity contribution in [3.8, 4) is 11.5 Å². The normalized spacial score (nSPS) is 15.5. The summed E-state index contributed by atoms with van der Waals surface area (Å²) in [6.45, 7) is 0.178. The molecule has 0 N–H and O–H groups in total. The first-order valence-corrected chi connectivity index (χ1v) is 10.5. The van der Waals surface area contributed by atoms with E-state index in [4.69, 9.17) is 9.47 Å². The number of methoxy groups -OCH3 is 2. The standard InChI is InChI=1S/C26H24N2O5/c1-32-21-12-8-18(9-13-21)17-27(25(30)19-6-4-3-5-7-19)23-16-24(29)28(26(23)31)20-10-14-22(33-2)15-11-20/h3-15,23H,16-17H2,1-2H3. The number of amides is 3. The molecule has 1 aliphatic rings. The maximum absolute atomic E-state index is 13.4. The predicted octanol–water partition coefficient (Wildman–Crippen LogP) is 3.68. The lowest BCUT2D eigenvalue weighted by Crippen LogP contribution is -2.45. The van der Waals surface area contributed by atoms with Crippen LogP contribution < -0.4 is 14.4 Å². The third-order valence-corrected chi connectivity index (χ3v) is 5.62. The lowest BCUT2D eigenvalue weighted by molar-refractivity contribution is -0.122. The van der Waals surface area contributed by atoms with Crippen molar-refractivity contribution in [1.29, 1.82) is 0 Å². The minimum Gasteiger partial charge on any atom is -0.497 e. The van der Waals surface area contributed by atoms with E-state index in [1.54, 1.807) is 74.9 Å². The number of anilines is 1. The Kier molecular flexibility index (Phi) is 6.40. The Morgan fingerprint density at radius 3 is 2.03 bits per heavy atom. The number of benzene rings is 3. The summed E-state index contributed by atoms with van der Waals surface area (Å²) in [5.74, 6) is 0.222. The molecule has 1 saturated heterocycles. The number of carbonyl (C=O) groups excluding carboxylic acids is 3. The minimum atomic E-state index is -0.908. The van der Waals surface area contributed by atoms with E-state index in [1.165, 1.54) is 4.90 Å². The zero-order valence-electron chi connectivity index (χ0n) is 18.4. The van der Waals surface area contributed by atoms with Gasteiger partial charge in [0, 0.05) is 12.1 Å². The number of hydrogen-bond acceptors (Lipinski definition) is 5. The largest absolute Gasteiger partial charge is 0.497 e. The first-order valence-electron chi connectivity index (χ1n) is 10.5. The lowest BCUT2D eigenvalue weighted by Gasteiger charge is -2.28. The minimum absolute atomic E-state index is 0.0837. The van der Waals surface area contributed by atoms with E-state index in [0.29, 0.717) is 22.7 Å². The lowest BCUT2D eigenvalue weighted by atomic mass is 10.1. The molecule has 168 valence electrons. The van der Waals surface area contributed by atoms with Gasteiger partial charge < -0.3 is 14.4 Å². The fourth-order valence-corrected chi connectivity index (χ4v) is 3.86. The fraction of sp³-hybridized carbons (Fsp3) is 0.192. The van der Waals surface area contributed by atoms with E-state index >= 15 is 0 Å². The molecule has 3 aromatic carbocycles. The average molecular weight is 444 g/mol. The Balaban J connectivity index is 1.65. The smallest absolute Gasteiger partial charge is 0.257 e. The molecule has 0 aliphatic carbocycles. The van der Waals surface area contributed by atoms with Gasteiger partial charge in [0.15, 0.2) is 0 Å². The quantitative estimate of drug-likeness (QED) is 0.520. The summed E-state index contributed by atoms with van der Waals surface area (Å²) in [6, 6.07) is 21.8. The van der Waals surface area contributed by atoms with E-state index in [0.717, 1.165) is 10.5 Å². The molecule has 0 saturated carbocycles. The monoisotopic (exact) mass is 444 g/mol. The molecule has 3 amide bonds. The van der Waals surface area contributed by atoms with Crippen LogP contribution in [0, 0.1) is 0 Å². The van der Waals surface area contributed by atoms with Crippen LogP contribution in [-0.4, -0.2) is 42.9 Å². The van der Waals surface area contributed by atoms with E-state index in [2.05, 4.69) is 0 Å². The Morgan fingerprint density at radius 2 is 1.45 bits per heavy atom. The number of carbonyl (C=O) groups is 3. The van der Waals surface area contributed by atoms with E-state index < -0.39 is 11.9 Å². The Hall–Kier alpha value is -4.13. The molecule has 3 aromatic rings. The molecule has 1 aliphatic heterocycles. The molecule has 33 heavy (non-hydrogen) atoms. The van der Waals surface area contributed by atoms with Crippen LogP contribution in [0.5, 0.6) is 11.5 Å². The Bertz CT molecular complexity index is 1140. The van der Waals surface area contributed by atoms with Gasteiger partial charge in [-0.25, -0.2) is 4.90 Å². The van der Waals surface area contributed by atoms with Gasteiger partial charge in [0.05, 0.1) is 26.3 Å². The molecule has 7 heteroatoms. The highest BCUT2D eigenvalue weighted by molar-refractivity contribution is 6.23. The van der Waals surface area contributed by atoms with Gasteiger partial charge >= 0.3 is 0 Å². The van der Waals surface area contributed by atoms with E-state index in [1.807, 2.05) is 18.2 Å². The van der Waals surface area contributed by atoms with Gasteiger partial charge in [0.1, 0.15) is 17.5 Å². The van der Waals surface area contributed by atoms with Crippen LogP contribution in [0.15, 0.2) is 78.9 Å². The van der Waals surface area contributed by atoms with Crippen molar-refractivity contribution in [3.63, 3.8) is 0 Å². The summed E-state index contributed by atoms with van der Waals surface area (Å²) in [5.41, 5.74) is 1.72. The van der Waals surface area contributed by atoms with Crippen molar-refractivity contribution in [2.45, 2.75) is 19.0 Å². The fourth-order valence-electron chi connectivity index (χ4n) is 3.86. The maximum Gasteiger partial charge on any atom is 0.257 e. The van der Waals surface area contributed by atoms with Gasteiger partial charge in [-0.2, -0.15) is 0 Å². The van der Waals surface area contributed by atoms with Gasteiger partial charge in [0.25, 0.3) is 11.8 Å². The first kappa shape index (κ1) is 22.1. The van der Waals surface area contributed by atoms with Crippen molar-refractivity contribution in [1.82, 2.24) is 4.90 Å². The van der Waals surface area contributed by atoms with E-state index in [9.17, 15) is 14.4 Å². The van der Waals surface area contributed by atoms with Crippen molar-refractivity contribution in [2.75, 3.05) is 19.1 Å². The topological polar surface area (TPSA) is 76.2 Å². The van der Waals surface area contributed by atoms with Gasteiger partial charge in [-0.3, -0.25) is 14.4 Å². The Labute approximate surface area is 192 Å². The molecule has 0 spiro atoms. The summed E-state index contributed by atoms with van der Waals surface area (Å²) < 4.78 is 10.4. The third kappa shape index (κ3) is 4.57. The van der Waals surface area contributed by atoms with Crippen LogP contribution in [-0.2, 0) is 16.1 Å². The summed E-state index contributed by atoms with van der Waals surface area (Å²) >= 11 is 0. The molecule has 0 radical (unpaired) electrons. The first-order chi connectivity index (χ1) is 16.0. The van der Waals surface area contributed by atoms with Crippen LogP contribution in [0.1, 0.15) is 22.3 Å². The van der Waals surface area contributed by atoms with Gasteiger partial charge in [-0.05, 0) is 54.1 Å². The summed E-state index contributed by atoms with van der Waals surface area (Å²) in [7, 11) is 3.13. The zero-order chi connectivity index (χ0) is 23.4. The van der Waals surface area contributed by atoms with Crippen molar-refractivity contribution in [3.05, 3.63) is 90.0 Å². The highest BCUT2D eigenvalue weighted by Crippen LogP contribution is 2.29. The second-order valence-corrected chi connectivity index (χ2v) is 7.63. The van der Waals surface area contributed by atoms with Crippen LogP contribution in [0.2, 0.25) is 0 Å². The predicted molar refractivity (Wildman–Crippen MR) is 123 cm³/mol. The molecule has 1 fully saturated rings. The van der Waals surface area contributed by atoms with Gasteiger partial charge in [-0.15, -0.1) is 0 Å². The zero-order valence-corrected chi connectivity index (χ0v) is 18.4. The van der Waals surface area contributed by atoms with Crippen LogP contribution in [0.25, 0.3) is 0 Å². The average Bonchev–Trinajstić information content (AvgIpc) is 3.16. The Morgan fingerprint density at radius 1 is 0.879 bits per heavy atom. The molecule has 1 unspecified atom stereocenters. The molecule has 0 bridgehead atoms. The molecule has 4 rings (SSSR count). The van der Waals surface area contributed by atoms with Gasteiger partial charge in [0.2, 0.25) is 5.91 Å². The molecular weight excluding hydrogens is 420 g/mol. The van der Waals surface area contributed by atoms with E-state index in [-0.39, 0.29) is 24.8 Å². The SMILES string of the molecule is COc1ccc(CN(C(=O)c2ccccc2)C2CC(=O)N(c3ccc(OC)cc3)C2=O)cc1. The van der Waals surface area contributed by atoms with Crippen LogP contribution >= 0.6 is 0 Å². The number of ether oxygens (including phenoxy) is 2. The van der Waals surface area contributed by atoms with Gasteiger partial charge in [-0.1, -0.05) is 30.3 Å². The highest BCUT2D eigenvalue weighted by atomic mass is 16.5. The van der Waals surface area contributed by atoms with Crippen molar-refractivity contribution >= 4 is 23.4 Å². The summed E-state index contributed by atoms with van der Waals surface area (Å²) in [5, 5.41) is 0. The number of imide groups is 1. The number of hydrogen-bond donors (Lipinski definition) is 0. The van der Waals surface area contributed by atoms with Crippen LogP contribution in [0.3, 0.4) is 0 Å².